The van der Waals surface area contributed by atoms with Gasteiger partial charge in [0.15, 0.2) is 0 Å². The molecule has 2 aliphatic heterocycles. The van der Waals surface area contributed by atoms with Crippen molar-refractivity contribution in [2.75, 3.05) is 35.7 Å². The molecule has 1 aliphatic carbocycles. The summed E-state index contributed by atoms with van der Waals surface area (Å²) >= 11 is 0. The molecule has 1 aromatic heterocycles. The third kappa shape index (κ3) is 4.96. The highest BCUT2D eigenvalue weighted by Crippen LogP contribution is 2.39. The number of anilines is 3. The van der Waals surface area contributed by atoms with Gasteiger partial charge in [-0.1, -0.05) is 12.1 Å². The number of methoxy groups -OCH3 is 1. The number of amides is 3. The number of nitrogens with one attached hydrogen (secondary N) is 3. The maximum absolute atomic E-state index is 13.1. The van der Waals surface area contributed by atoms with E-state index in [2.05, 4.69) is 20.9 Å². The van der Waals surface area contributed by atoms with Crippen LogP contribution in [0.1, 0.15) is 41.2 Å². The van der Waals surface area contributed by atoms with Crippen LogP contribution in [0.2, 0.25) is 0 Å². The third-order valence-electron chi connectivity index (χ3n) is 7.57. The lowest BCUT2D eigenvalue weighted by molar-refractivity contribution is 0.0951. The number of urea groups is 1. The van der Waals surface area contributed by atoms with Gasteiger partial charge in [0.2, 0.25) is 0 Å². The molecule has 3 heterocycles. The van der Waals surface area contributed by atoms with Gasteiger partial charge in [0, 0.05) is 60.7 Å². The lowest BCUT2D eigenvalue weighted by atomic mass is 9.83. The summed E-state index contributed by atoms with van der Waals surface area (Å²) < 4.78 is 7.16. The number of rotatable bonds is 6. The third-order valence-corrected chi connectivity index (χ3v) is 7.57. The predicted molar refractivity (Wildman–Crippen MR) is 146 cm³/mol. The van der Waals surface area contributed by atoms with Crippen LogP contribution in [0, 0.1) is 5.92 Å². The van der Waals surface area contributed by atoms with Crippen LogP contribution >= 0.6 is 0 Å². The van der Waals surface area contributed by atoms with Crippen molar-refractivity contribution in [3.05, 3.63) is 82.3 Å². The van der Waals surface area contributed by atoms with Crippen molar-refractivity contribution < 1.29 is 14.3 Å². The molecule has 6 rings (SSSR count). The Morgan fingerprint density at radius 1 is 0.947 bits per heavy atom. The van der Waals surface area contributed by atoms with Crippen molar-refractivity contribution in [3.63, 3.8) is 0 Å². The Hall–Kier alpha value is -4.27. The first-order valence-electron chi connectivity index (χ1n) is 13.1. The minimum atomic E-state index is -0.409. The molecule has 2 bridgehead atoms. The van der Waals surface area contributed by atoms with E-state index < -0.39 is 6.03 Å². The number of nitrogens with zero attached hydrogens (tertiary/aromatic N) is 2. The Balaban J connectivity index is 1.28. The van der Waals surface area contributed by atoms with Gasteiger partial charge in [0.1, 0.15) is 5.75 Å². The molecule has 1 saturated carbocycles. The van der Waals surface area contributed by atoms with Gasteiger partial charge in [-0.25, -0.2) is 4.79 Å². The van der Waals surface area contributed by atoms with E-state index in [1.165, 1.54) is 0 Å². The second-order valence-electron chi connectivity index (χ2n) is 10.4. The predicted octanol–water partition coefficient (Wildman–Crippen LogP) is 4.02. The van der Waals surface area contributed by atoms with E-state index in [0.717, 1.165) is 43.7 Å². The van der Waals surface area contributed by atoms with Crippen LogP contribution in [0.15, 0.2) is 65.5 Å². The van der Waals surface area contributed by atoms with Crippen LogP contribution in [0.4, 0.5) is 21.9 Å². The molecule has 3 aliphatic rings. The fourth-order valence-electron chi connectivity index (χ4n) is 5.63. The van der Waals surface area contributed by atoms with Crippen LogP contribution in [-0.2, 0) is 6.54 Å². The molecule has 9 heteroatoms. The number of hydrogen-bond acceptors (Lipinski definition) is 5. The zero-order valence-corrected chi connectivity index (χ0v) is 21.3. The Morgan fingerprint density at radius 3 is 2.61 bits per heavy atom. The van der Waals surface area contributed by atoms with Gasteiger partial charge in [0.25, 0.3) is 11.5 Å². The molecule has 2 aromatic carbocycles. The number of carbonyl (C=O) groups is 2. The zero-order chi connectivity index (χ0) is 26.2. The maximum Gasteiger partial charge on any atom is 0.323 e. The van der Waals surface area contributed by atoms with E-state index in [9.17, 15) is 14.4 Å². The van der Waals surface area contributed by atoms with Gasteiger partial charge in [-0.2, -0.15) is 0 Å². The normalized spacial score (nSPS) is 19.8. The average molecular weight is 514 g/mol. The molecular weight excluding hydrogens is 482 g/mol. The van der Waals surface area contributed by atoms with E-state index in [-0.39, 0.29) is 23.4 Å². The Morgan fingerprint density at radius 2 is 1.79 bits per heavy atom. The second kappa shape index (κ2) is 9.89. The van der Waals surface area contributed by atoms with Crippen LogP contribution in [0.3, 0.4) is 0 Å². The fraction of sp³-hybridized carbons (Fsp3) is 0.345. The Bertz CT molecular complexity index is 1450. The van der Waals surface area contributed by atoms with Gasteiger partial charge >= 0.3 is 6.03 Å². The number of aromatic nitrogens is 1. The van der Waals surface area contributed by atoms with Crippen LogP contribution < -0.4 is 31.1 Å². The highest BCUT2D eigenvalue weighted by atomic mass is 16.5. The van der Waals surface area contributed by atoms with E-state index in [1.807, 2.05) is 34.9 Å². The van der Waals surface area contributed by atoms with Crippen LogP contribution in [-0.4, -0.2) is 42.7 Å². The molecule has 2 atom stereocenters. The highest BCUT2D eigenvalue weighted by Gasteiger charge is 2.35. The Kier molecular flexibility index (Phi) is 6.27. The monoisotopic (exact) mass is 513 g/mol. The maximum atomic E-state index is 13.1. The van der Waals surface area contributed by atoms with Crippen molar-refractivity contribution in [2.24, 2.45) is 5.92 Å². The van der Waals surface area contributed by atoms with E-state index in [1.54, 1.807) is 37.4 Å². The molecule has 2 fully saturated rings. The number of ether oxygens (including phenoxy) is 1. The SMILES string of the molecule is COc1cccc(NC(=O)Nc2cc(C(=O)NC3CC3)ccc2N2C[C@H]3C[C@@H](C2)c2cccc(=O)n2C3)c1. The number of carbonyl (C=O) groups excluding carboxylic acids is 2. The summed E-state index contributed by atoms with van der Waals surface area (Å²) in [6.45, 7) is 2.17. The summed E-state index contributed by atoms with van der Waals surface area (Å²) in [4.78, 5) is 40.6. The lowest BCUT2D eigenvalue weighted by Gasteiger charge is -2.44. The molecular formula is C29H31N5O4. The fourth-order valence-corrected chi connectivity index (χ4v) is 5.63. The van der Waals surface area contributed by atoms with Gasteiger partial charge in [-0.3, -0.25) is 9.59 Å². The van der Waals surface area contributed by atoms with E-state index >= 15 is 0 Å². The first-order valence-corrected chi connectivity index (χ1v) is 13.1. The number of piperidine rings is 1. The van der Waals surface area contributed by atoms with E-state index in [4.69, 9.17) is 4.74 Å². The van der Waals surface area contributed by atoms with Crippen molar-refractivity contribution in [2.45, 2.75) is 37.8 Å². The first-order chi connectivity index (χ1) is 18.5. The largest absolute Gasteiger partial charge is 0.497 e. The van der Waals surface area contributed by atoms with Crippen LogP contribution in [0.25, 0.3) is 0 Å². The topological polar surface area (TPSA) is 105 Å². The van der Waals surface area contributed by atoms with Crippen molar-refractivity contribution in [1.82, 2.24) is 9.88 Å². The van der Waals surface area contributed by atoms with Crippen molar-refractivity contribution in [3.8, 4) is 5.75 Å². The molecule has 0 unspecified atom stereocenters. The number of hydrogen-bond donors (Lipinski definition) is 3. The van der Waals surface area contributed by atoms with Gasteiger partial charge < -0.3 is 30.2 Å². The number of benzene rings is 2. The van der Waals surface area contributed by atoms with Crippen LogP contribution in [0.5, 0.6) is 5.75 Å². The molecule has 38 heavy (non-hydrogen) atoms. The lowest BCUT2D eigenvalue weighted by Crippen LogP contribution is -2.47. The van der Waals surface area contributed by atoms with Crippen molar-refractivity contribution >= 4 is 29.0 Å². The molecule has 1 saturated heterocycles. The zero-order valence-electron chi connectivity index (χ0n) is 21.3. The molecule has 0 spiro atoms. The smallest absolute Gasteiger partial charge is 0.323 e. The highest BCUT2D eigenvalue weighted by molar-refractivity contribution is 6.04. The number of pyridine rings is 1. The van der Waals surface area contributed by atoms with Crippen molar-refractivity contribution in [1.29, 1.82) is 0 Å². The molecule has 9 nitrogen and oxygen atoms in total. The molecule has 3 amide bonds. The first kappa shape index (κ1) is 24.1. The molecule has 3 aromatic rings. The van der Waals surface area contributed by atoms with E-state index in [0.29, 0.717) is 35.2 Å². The average Bonchev–Trinajstić information content (AvgIpc) is 3.73. The summed E-state index contributed by atoms with van der Waals surface area (Å²) in [6, 6.07) is 17.9. The summed E-state index contributed by atoms with van der Waals surface area (Å²) in [7, 11) is 1.58. The van der Waals surface area contributed by atoms with Gasteiger partial charge in [-0.05, 0) is 61.6 Å². The molecule has 0 radical (unpaired) electrons. The molecule has 196 valence electrons. The van der Waals surface area contributed by atoms with Gasteiger partial charge in [-0.15, -0.1) is 0 Å². The summed E-state index contributed by atoms with van der Waals surface area (Å²) in [5, 5.41) is 8.87. The second-order valence-corrected chi connectivity index (χ2v) is 10.4. The van der Waals surface area contributed by atoms with Gasteiger partial charge in [0.05, 0.1) is 18.5 Å². The minimum Gasteiger partial charge on any atom is -0.497 e. The minimum absolute atomic E-state index is 0.0493. The summed E-state index contributed by atoms with van der Waals surface area (Å²) in [5.41, 5.74) is 3.64. The Labute approximate surface area is 220 Å². The quantitative estimate of drug-likeness (QED) is 0.462. The summed E-state index contributed by atoms with van der Waals surface area (Å²) in [6.07, 6.45) is 3.03. The number of fused-ring (bicyclic) bond motifs is 4. The standard InChI is InChI=1S/C29H31N5O4/c1-38-23-5-2-4-22(14-23)31-29(37)32-24-13-19(28(36)30-21-9-10-21)8-11-26(24)33-15-18-12-20(17-33)25-6-3-7-27(35)34(25)16-18/h2-8,11,13-14,18,20-21H,9-10,12,15-17H2,1H3,(H,30,36)(H2,31,32,37)/t18-,20+/m1/s1. The summed E-state index contributed by atoms with van der Waals surface area (Å²) in [5.74, 6) is 1.03. The molecule has 3 N–H and O–H groups in total.